The minimum Gasteiger partial charge on any atom is -0.376 e. The van der Waals surface area contributed by atoms with Crippen LogP contribution in [0.1, 0.15) is 33.6 Å². The van der Waals surface area contributed by atoms with Crippen molar-refractivity contribution in [2.24, 2.45) is 4.99 Å². The molecule has 0 aromatic rings. The van der Waals surface area contributed by atoms with Crippen LogP contribution in [0, 0.1) is 0 Å². The zero-order valence-electron chi connectivity index (χ0n) is 10.3. The molecule has 0 aliphatic carbocycles. The molecule has 0 radical (unpaired) electrons. The first kappa shape index (κ1) is 12.3. The topological polar surface area (TPSA) is 45.7 Å². The monoisotopic (exact) mass is 213 g/mol. The van der Waals surface area contributed by atoms with Gasteiger partial charge >= 0.3 is 0 Å². The number of nitrogens with one attached hydrogen (secondary N) is 2. The molecular weight excluding hydrogens is 190 g/mol. The van der Waals surface area contributed by atoms with Crippen molar-refractivity contribution in [1.82, 2.24) is 10.6 Å². The predicted molar refractivity (Wildman–Crippen MR) is 63.2 cm³/mol. The number of hydrogen-bond donors (Lipinski definition) is 2. The van der Waals surface area contributed by atoms with E-state index in [0.717, 1.165) is 31.9 Å². The number of methoxy groups -OCH3 is 1. The fraction of sp³-hybridized carbons (Fsp3) is 0.909. The average molecular weight is 213 g/mol. The lowest BCUT2D eigenvalue weighted by molar-refractivity contribution is -0.0124. The van der Waals surface area contributed by atoms with Gasteiger partial charge in [0.15, 0.2) is 5.96 Å². The Labute approximate surface area is 92.5 Å². The molecule has 1 aliphatic rings. The molecule has 0 amide bonds. The molecule has 0 saturated carbocycles. The van der Waals surface area contributed by atoms with Gasteiger partial charge in [-0.25, -0.2) is 0 Å². The lowest BCUT2D eigenvalue weighted by Crippen LogP contribution is -2.47. The van der Waals surface area contributed by atoms with Crippen molar-refractivity contribution in [2.75, 3.05) is 20.2 Å². The van der Waals surface area contributed by atoms with Crippen LogP contribution in [0.15, 0.2) is 4.99 Å². The van der Waals surface area contributed by atoms with E-state index in [1.807, 2.05) is 0 Å². The smallest absolute Gasteiger partial charge is 0.191 e. The summed E-state index contributed by atoms with van der Waals surface area (Å²) in [6, 6.07) is 0.452. The van der Waals surface area contributed by atoms with Crippen LogP contribution < -0.4 is 10.6 Å². The zero-order valence-corrected chi connectivity index (χ0v) is 10.3. The number of rotatable bonds is 5. The Hall–Kier alpha value is -0.770. The van der Waals surface area contributed by atoms with Crippen LogP contribution >= 0.6 is 0 Å². The number of guanidine groups is 1. The van der Waals surface area contributed by atoms with E-state index < -0.39 is 0 Å². The Morgan fingerprint density at radius 2 is 2.20 bits per heavy atom. The maximum absolute atomic E-state index is 5.58. The summed E-state index contributed by atoms with van der Waals surface area (Å²) in [5.74, 6) is 0.908. The van der Waals surface area contributed by atoms with Crippen LogP contribution in [0.25, 0.3) is 0 Å². The van der Waals surface area contributed by atoms with Gasteiger partial charge in [-0.3, -0.25) is 4.99 Å². The van der Waals surface area contributed by atoms with Crippen molar-refractivity contribution in [3.63, 3.8) is 0 Å². The highest BCUT2D eigenvalue weighted by atomic mass is 16.5. The van der Waals surface area contributed by atoms with Gasteiger partial charge in [-0.2, -0.15) is 0 Å². The molecule has 88 valence electrons. The Morgan fingerprint density at radius 1 is 1.53 bits per heavy atom. The van der Waals surface area contributed by atoms with Crippen molar-refractivity contribution in [1.29, 1.82) is 0 Å². The van der Waals surface area contributed by atoms with E-state index in [4.69, 9.17) is 4.74 Å². The lowest BCUT2D eigenvalue weighted by atomic mass is 9.97. The standard InChI is InChI=1S/C11H23N3O/c1-5-11(6-2,15-4)8-13-10-12-7-9(3)14-10/h9H,5-8H2,1-4H3,(H2,12,13,14). The van der Waals surface area contributed by atoms with Gasteiger partial charge in [0.1, 0.15) is 0 Å². The van der Waals surface area contributed by atoms with E-state index in [-0.39, 0.29) is 5.60 Å². The molecule has 2 N–H and O–H groups in total. The Bertz CT molecular complexity index is 216. The van der Waals surface area contributed by atoms with Gasteiger partial charge in [0.05, 0.1) is 12.1 Å². The molecule has 1 aliphatic heterocycles. The van der Waals surface area contributed by atoms with Gasteiger partial charge in [0.25, 0.3) is 0 Å². The molecular formula is C11H23N3O. The van der Waals surface area contributed by atoms with E-state index in [2.05, 4.69) is 36.4 Å². The predicted octanol–water partition coefficient (Wildman–Crippen LogP) is 1.13. The first-order valence-electron chi connectivity index (χ1n) is 5.75. The van der Waals surface area contributed by atoms with Gasteiger partial charge in [-0.05, 0) is 19.8 Å². The maximum atomic E-state index is 5.58. The summed E-state index contributed by atoms with van der Waals surface area (Å²) in [6.07, 6.45) is 2.02. The van der Waals surface area contributed by atoms with Crippen LogP contribution in [-0.4, -0.2) is 37.8 Å². The van der Waals surface area contributed by atoms with Crippen LogP contribution in [0.3, 0.4) is 0 Å². The molecule has 1 unspecified atom stereocenters. The summed E-state index contributed by atoms with van der Waals surface area (Å²) in [5, 5.41) is 6.60. The van der Waals surface area contributed by atoms with Crippen molar-refractivity contribution < 1.29 is 4.74 Å². The van der Waals surface area contributed by atoms with Gasteiger partial charge in [-0.15, -0.1) is 0 Å². The highest BCUT2D eigenvalue weighted by Crippen LogP contribution is 2.18. The summed E-state index contributed by atoms with van der Waals surface area (Å²) in [6.45, 7) is 8.11. The molecule has 0 aromatic carbocycles. The van der Waals surface area contributed by atoms with Gasteiger partial charge in [0.2, 0.25) is 0 Å². The zero-order chi connectivity index (χ0) is 11.3. The summed E-state index contributed by atoms with van der Waals surface area (Å²) < 4.78 is 5.58. The molecule has 0 bridgehead atoms. The molecule has 4 heteroatoms. The number of nitrogens with zero attached hydrogens (tertiary/aromatic N) is 1. The number of aliphatic imine (C=N–C) groups is 1. The van der Waals surface area contributed by atoms with E-state index >= 15 is 0 Å². The highest BCUT2D eigenvalue weighted by Gasteiger charge is 2.26. The third-order valence-electron chi connectivity index (χ3n) is 3.21. The lowest BCUT2D eigenvalue weighted by Gasteiger charge is -2.30. The number of hydrogen-bond acceptors (Lipinski definition) is 4. The van der Waals surface area contributed by atoms with E-state index in [1.54, 1.807) is 7.11 Å². The highest BCUT2D eigenvalue weighted by molar-refractivity contribution is 5.81. The Kier molecular flexibility index (Phi) is 4.39. The van der Waals surface area contributed by atoms with Crippen LogP contribution in [-0.2, 0) is 4.74 Å². The van der Waals surface area contributed by atoms with Crippen molar-refractivity contribution >= 4 is 5.96 Å². The molecule has 1 heterocycles. The van der Waals surface area contributed by atoms with Gasteiger partial charge in [-0.1, -0.05) is 13.8 Å². The van der Waals surface area contributed by atoms with Crippen LogP contribution in [0.4, 0.5) is 0 Å². The van der Waals surface area contributed by atoms with E-state index in [0.29, 0.717) is 6.04 Å². The van der Waals surface area contributed by atoms with E-state index in [1.165, 1.54) is 0 Å². The largest absolute Gasteiger partial charge is 0.376 e. The molecule has 1 rings (SSSR count). The van der Waals surface area contributed by atoms with Crippen molar-refractivity contribution in [2.45, 2.75) is 45.3 Å². The van der Waals surface area contributed by atoms with Crippen LogP contribution in [0.2, 0.25) is 0 Å². The number of ether oxygens (including phenoxy) is 1. The van der Waals surface area contributed by atoms with Crippen molar-refractivity contribution in [3.8, 4) is 0 Å². The summed E-state index contributed by atoms with van der Waals surface area (Å²) in [7, 11) is 1.78. The molecule has 4 nitrogen and oxygen atoms in total. The van der Waals surface area contributed by atoms with E-state index in [9.17, 15) is 0 Å². The second kappa shape index (κ2) is 5.35. The third-order valence-corrected chi connectivity index (χ3v) is 3.21. The van der Waals surface area contributed by atoms with Gasteiger partial charge < -0.3 is 15.4 Å². The third kappa shape index (κ3) is 3.09. The maximum Gasteiger partial charge on any atom is 0.191 e. The molecule has 0 saturated heterocycles. The Morgan fingerprint density at radius 3 is 2.60 bits per heavy atom. The quantitative estimate of drug-likeness (QED) is 0.719. The molecule has 15 heavy (non-hydrogen) atoms. The second-order valence-electron chi connectivity index (χ2n) is 4.18. The first-order chi connectivity index (χ1) is 7.15. The minimum atomic E-state index is -0.0595. The SMILES string of the molecule is CCC(CC)(CNC1=NCC(C)N1)OC. The fourth-order valence-electron chi connectivity index (χ4n) is 1.77. The molecule has 0 spiro atoms. The fourth-order valence-corrected chi connectivity index (χ4v) is 1.77. The summed E-state index contributed by atoms with van der Waals surface area (Å²) >= 11 is 0. The first-order valence-corrected chi connectivity index (χ1v) is 5.75. The Balaban J connectivity index is 2.40. The second-order valence-corrected chi connectivity index (χ2v) is 4.18. The summed E-state index contributed by atoms with van der Waals surface area (Å²) in [4.78, 5) is 4.36. The molecule has 0 fully saturated rings. The molecule has 1 atom stereocenters. The minimum absolute atomic E-state index is 0.0595. The average Bonchev–Trinajstić information content (AvgIpc) is 2.67. The van der Waals surface area contributed by atoms with Crippen LogP contribution in [0.5, 0.6) is 0 Å². The summed E-state index contributed by atoms with van der Waals surface area (Å²) in [5.41, 5.74) is -0.0595. The van der Waals surface area contributed by atoms with Crippen molar-refractivity contribution in [3.05, 3.63) is 0 Å². The van der Waals surface area contributed by atoms with Gasteiger partial charge in [0, 0.05) is 19.7 Å². The normalized spacial score (nSPS) is 21.1. The molecule has 0 aromatic heterocycles.